The predicted octanol–water partition coefficient (Wildman–Crippen LogP) is 2.23. The SMILES string of the molecule is CCC(CCn1ccc2nc(N)nc(N)c21)c1ccc(C(=O)N[C@@H](CCC(=O)O)C(=O)O)cc1. The summed E-state index contributed by atoms with van der Waals surface area (Å²) in [6.07, 6.45) is 3.04. The maximum atomic E-state index is 12.5. The van der Waals surface area contributed by atoms with Gasteiger partial charge in [0.2, 0.25) is 5.95 Å². The molecule has 3 aromatic rings. The Hall–Kier alpha value is -4.15. The molecule has 0 fully saturated rings. The summed E-state index contributed by atoms with van der Waals surface area (Å²) in [4.78, 5) is 42.7. The zero-order valence-corrected chi connectivity index (χ0v) is 18.8. The lowest BCUT2D eigenvalue weighted by Crippen LogP contribution is -2.41. The van der Waals surface area contributed by atoms with E-state index in [0.717, 1.165) is 23.9 Å². The van der Waals surface area contributed by atoms with Crippen molar-refractivity contribution in [3.63, 3.8) is 0 Å². The van der Waals surface area contributed by atoms with Gasteiger partial charge in [-0.1, -0.05) is 19.1 Å². The number of carbonyl (C=O) groups is 3. The second kappa shape index (κ2) is 10.6. The quantitative estimate of drug-likeness (QED) is 0.281. The standard InChI is InChI=1S/C23H28N6O5/c1-2-13(9-11-29-12-10-16-19(29)20(24)28-23(25)27-16)14-3-5-15(6-4-14)21(32)26-17(22(33)34)7-8-18(30)31/h3-6,10,12-13,17H,2,7-9,11H2,1H3,(H,26,32)(H,30,31)(H,33,34)(H4,24,25,27,28)/t13?,17-/m0/s1. The number of anilines is 2. The van der Waals surface area contributed by atoms with Gasteiger partial charge in [0.05, 0.1) is 5.52 Å². The normalized spacial score (nSPS) is 12.9. The van der Waals surface area contributed by atoms with Gasteiger partial charge in [0, 0.05) is 24.7 Å². The average Bonchev–Trinajstić information content (AvgIpc) is 3.20. The molecular weight excluding hydrogens is 440 g/mol. The number of carboxylic acid groups (broad SMARTS) is 2. The Labute approximate surface area is 195 Å². The molecule has 2 aromatic heterocycles. The topological polar surface area (TPSA) is 186 Å². The van der Waals surface area contributed by atoms with E-state index in [1.54, 1.807) is 12.1 Å². The summed E-state index contributed by atoms with van der Waals surface area (Å²) >= 11 is 0. The highest BCUT2D eigenvalue weighted by atomic mass is 16.4. The van der Waals surface area contributed by atoms with Crippen LogP contribution in [0.25, 0.3) is 11.0 Å². The van der Waals surface area contributed by atoms with Gasteiger partial charge >= 0.3 is 11.9 Å². The molecule has 7 N–H and O–H groups in total. The molecule has 0 aliphatic carbocycles. The van der Waals surface area contributed by atoms with E-state index in [-0.39, 0.29) is 24.7 Å². The number of aromatic nitrogens is 3. The number of nitrogens with zero attached hydrogens (tertiary/aromatic N) is 3. The van der Waals surface area contributed by atoms with Gasteiger partial charge in [-0.3, -0.25) is 9.59 Å². The molecule has 11 heteroatoms. The predicted molar refractivity (Wildman–Crippen MR) is 126 cm³/mol. The van der Waals surface area contributed by atoms with Gasteiger partial charge in [-0.05, 0) is 48.9 Å². The number of amides is 1. The molecule has 2 heterocycles. The third-order valence-electron chi connectivity index (χ3n) is 5.76. The number of carbonyl (C=O) groups excluding carboxylic acids is 1. The Morgan fingerprint density at radius 3 is 2.38 bits per heavy atom. The molecule has 3 rings (SSSR count). The van der Waals surface area contributed by atoms with Crippen LogP contribution in [0.1, 0.15) is 54.4 Å². The Bertz CT molecular complexity index is 1190. The molecule has 34 heavy (non-hydrogen) atoms. The van der Waals surface area contributed by atoms with Crippen LogP contribution in [0.2, 0.25) is 0 Å². The van der Waals surface area contributed by atoms with Crippen molar-refractivity contribution >= 4 is 40.6 Å². The zero-order valence-electron chi connectivity index (χ0n) is 18.8. The molecule has 0 aliphatic rings. The number of aryl methyl sites for hydroxylation is 1. The van der Waals surface area contributed by atoms with Crippen molar-refractivity contribution in [2.24, 2.45) is 0 Å². The van der Waals surface area contributed by atoms with E-state index < -0.39 is 23.9 Å². The number of aliphatic carboxylic acids is 2. The highest BCUT2D eigenvalue weighted by Crippen LogP contribution is 2.27. The summed E-state index contributed by atoms with van der Waals surface area (Å²) in [6, 6.07) is 7.56. The Morgan fingerprint density at radius 1 is 1.06 bits per heavy atom. The van der Waals surface area contributed by atoms with Crippen molar-refractivity contribution in [3.8, 4) is 0 Å². The summed E-state index contributed by atoms with van der Waals surface area (Å²) in [6.45, 7) is 2.77. The molecule has 1 aromatic carbocycles. The first-order chi connectivity index (χ1) is 16.2. The lowest BCUT2D eigenvalue weighted by molar-refractivity contribution is -0.140. The second-order valence-corrected chi connectivity index (χ2v) is 8.02. The summed E-state index contributed by atoms with van der Waals surface area (Å²) in [7, 11) is 0. The number of carboxylic acids is 2. The van der Waals surface area contributed by atoms with Gasteiger partial charge in [-0.2, -0.15) is 4.98 Å². The first kappa shape index (κ1) is 24.5. The number of hydrogen-bond acceptors (Lipinski definition) is 7. The fourth-order valence-electron chi connectivity index (χ4n) is 3.92. The lowest BCUT2D eigenvalue weighted by Gasteiger charge is -2.17. The van der Waals surface area contributed by atoms with E-state index in [0.29, 0.717) is 23.4 Å². The van der Waals surface area contributed by atoms with Crippen molar-refractivity contribution in [1.82, 2.24) is 19.9 Å². The Kier molecular flexibility index (Phi) is 7.67. The number of nitrogens with two attached hydrogens (primary N) is 2. The molecule has 0 bridgehead atoms. The van der Waals surface area contributed by atoms with Crippen molar-refractivity contribution in [2.45, 2.75) is 51.1 Å². The number of nitrogen functional groups attached to an aromatic ring is 2. The number of fused-ring (bicyclic) bond motifs is 1. The first-order valence-corrected chi connectivity index (χ1v) is 10.9. The molecule has 180 valence electrons. The van der Waals surface area contributed by atoms with Crippen LogP contribution in [-0.2, 0) is 16.1 Å². The van der Waals surface area contributed by atoms with Gasteiger partial charge in [0.1, 0.15) is 11.6 Å². The molecule has 0 radical (unpaired) electrons. The van der Waals surface area contributed by atoms with Crippen LogP contribution in [0, 0.1) is 0 Å². The van der Waals surface area contributed by atoms with Crippen LogP contribution >= 0.6 is 0 Å². The van der Waals surface area contributed by atoms with E-state index in [1.165, 1.54) is 0 Å². The summed E-state index contributed by atoms with van der Waals surface area (Å²) in [5.74, 6) is -2.28. The van der Waals surface area contributed by atoms with Gasteiger partial charge in [0.25, 0.3) is 5.91 Å². The van der Waals surface area contributed by atoms with Crippen molar-refractivity contribution in [3.05, 3.63) is 47.7 Å². The van der Waals surface area contributed by atoms with E-state index in [4.69, 9.17) is 16.6 Å². The van der Waals surface area contributed by atoms with Crippen LogP contribution < -0.4 is 16.8 Å². The fourth-order valence-corrected chi connectivity index (χ4v) is 3.92. The van der Waals surface area contributed by atoms with Crippen molar-refractivity contribution in [2.75, 3.05) is 11.5 Å². The highest BCUT2D eigenvalue weighted by molar-refractivity contribution is 5.96. The molecule has 0 saturated heterocycles. The van der Waals surface area contributed by atoms with E-state index in [1.807, 2.05) is 29.0 Å². The van der Waals surface area contributed by atoms with Crippen LogP contribution in [0.4, 0.5) is 11.8 Å². The lowest BCUT2D eigenvalue weighted by atomic mass is 9.92. The van der Waals surface area contributed by atoms with E-state index >= 15 is 0 Å². The van der Waals surface area contributed by atoms with Crippen LogP contribution in [0.15, 0.2) is 36.5 Å². The summed E-state index contributed by atoms with van der Waals surface area (Å²) < 4.78 is 2.00. The molecular formula is C23H28N6O5. The van der Waals surface area contributed by atoms with Crippen LogP contribution in [0.5, 0.6) is 0 Å². The molecule has 0 aliphatic heterocycles. The minimum atomic E-state index is -1.27. The summed E-state index contributed by atoms with van der Waals surface area (Å²) in [5, 5.41) is 20.4. The van der Waals surface area contributed by atoms with E-state index in [9.17, 15) is 19.5 Å². The van der Waals surface area contributed by atoms with Crippen molar-refractivity contribution in [1.29, 1.82) is 0 Å². The largest absolute Gasteiger partial charge is 0.481 e. The molecule has 11 nitrogen and oxygen atoms in total. The van der Waals surface area contributed by atoms with Crippen LogP contribution in [0.3, 0.4) is 0 Å². The third kappa shape index (κ3) is 5.80. The minimum absolute atomic E-state index is 0.134. The van der Waals surface area contributed by atoms with Crippen molar-refractivity contribution < 1.29 is 24.6 Å². The number of hydrogen-bond donors (Lipinski definition) is 5. The highest BCUT2D eigenvalue weighted by Gasteiger charge is 2.22. The van der Waals surface area contributed by atoms with Gasteiger partial charge in [-0.25, -0.2) is 9.78 Å². The van der Waals surface area contributed by atoms with Gasteiger partial charge in [0.15, 0.2) is 5.82 Å². The molecule has 2 atom stereocenters. The first-order valence-electron chi connectivity index (χ1n) is 10.9. The Morgan fingerprint density at radius 2 is 1.76 bits per heavy atom. The smallest absolute Gasteiger partial charge is 0.326 e. The average molecular weight is 469 g/mol. The molecule has 0 spiro atoms. The Balaban J connectivity index is 1.66. The summed E-state index contributed by atoms with van der Waals surface area (Å²) in [5.41, 5.74) is 14.5. The maximum absolute atomic E-state index is 12.5. The van der Waals surface area contributed by atoms with Crippen LogP contribution in [-0.4, -0.2) is 48.6 Å². The zero-order chi connectivity index (χ0) is 24.8. The fraction of sp³-hybridized carbons (Fsp3) is 0.348. The number of benzene rings is 1. The molecule has 0 saturated carbocycles. The molecule has 1 amide bonds. The maximum Gasteiger partial charge on any atom is 0.326 e. The van der Waals surface area contributed by atoms with Gasteiger partial charge in [-0.15, -0.1) is 0 Å². The minimum Gasteiger partial charge on any atom is -0.481 e. The second-order valence-electron chi connectivity index (χ2n) is 8.02. The molecule has 1 unspecified atom stereocenters. The van der Waals surface area contributed by atoms with Gasteiger partial charge < -0.3 is 31.6 Å². The number of nitrogens with one attached hydrogen (secondary N) is 1. The number of rotatable bonds is 11. The monoisotopic (exact) mass is 468 g/mol. The van der Waals surface area contributed by atoms with E-state index in [2.05, 4.69) is 22.2 Å². The third-order valence-corrected chi connectivity index (χ3v) is 5.76.